The van der Waals surface area contributed by atoms with Crippen LogP contribution in [0.15, 0.2) is 30.5 Å². The topological polar surface area (TPSA) is 78.1 Å². The maximum Gasteiger partial charge on any atom is 0.337 e. The van der Waals surface area contributed by atoms with Crippen LogP contribution in [0.25, 0.3) is 11.3 Å². The number of methoxy groups -OCH3 is 1. The molecule has 0 spiro atoms. The smallest absolute Gasteiger partial charge is 0.337 e. The molecule has 0 aliphatic rings. The molecule has 0 atom stereocenters. The van der Waals surface area contributed by atoms with E-state index in [9.17, 15) is 4.79 Å². The van der Waals surface area contributed by atoms with Crippen LogP contribution in [0.2, 0.25) is 0 Å². The molecule has 0 radical (unpaired) electrons. The van der Waals surface area contributed by atoms with E-state index in [4.69, 9.17) is 5.73 Å². The fourth-order valence-electron chi connectivity index (χ4n) is 1.55. The minimum Gasteiger partial charge on any atom is -0.465 e. The fourth-order valence-corrected chi connectivity index (χ4v) is 1.55. The van der Waals surface area contributed by atoms with Crippen LogP contribution in [-0.4, -0.2) is 23.0 Å². The number of anilines is 1. The van der Waals surface area contributed by atoms with Gasteiger partial charge in [-0.05, 0) is 19.1 Å². The Labute approximate surface area is 105 Å². The molecule has 0 fully saturated rings. The van der Waals surface area contributed by atoms with Crippen molar-refractivity contribution in [3.8, 4) is 11.3 Å². The molecule has 2 rings (SSSR count). The largest absolute Gasteiger partial charge is 0.465 e. The predicted molar refractivity (Wildman–Crippen MR) is 68.0 cm³/mol. The van der Waals surface area contributed by atoms with E-state index in [-0.39, 0.29) is 5.97 Å². The Morgan fingerprint density at radius 2 is 2.17 bits per heavy atom. The summed E-state index contributed by atoms with van der Waals surface area (Å²) in [4.78, 5) is 19.8. The van der Waals surface area contributed by atoms with Gasteiger partial charge in [-0.3, -0.25) is 0 Å². The number of esters is 1. The molecule has 0 aliphatic carbocycles. The molecule has 2 N–H and O–H groups in total. The highest BCUT2D eigenvalue weighted by Gasteiger charge is 2.08. The monoisotopic (exact) mass is 243 g/mol. The third-order valence-electron chi connectivity index (χ3n) is 2.56. The second-order valence-corrected chi connectivity index (χ2v) is 3.80. The van der Waals surface area contributed by atoms with E-state index < -0.39 is 0 Å². The van der Waals surface area contributed by atoms with Crippen molar-refractivity contribution in [1.82, 2.24) is 9.97 Å². The molecule has 1 aromatic heterocycles. The molecule has 0 aliphatic heterocycles. The average molecular weight is 243 g/mol. The van der Waals surface area contributed by atoms with E-state index in [0.717, 1.165) is 5.56 Å². The van der Waals surface area contributed by atoms with Crippen molar-refractivity contribution in [1.29, 1.82) is 0 Å². The summed E-state index contributed by atoms with van der Waals surface area (Å²) in [6, 6.07) is 7.03. The van der Waals surface area contributed by atoms with Crippen LogP contribution in [0.5, 0.6) is 0 Å². The first-order valence-electron chi connectivity index (χ1n) is 5.39. The number of hydrogen-bond donors (Lipinski definition) is 1. The molecule has 1 heterocycles. The van der Waals surface area contributed by atoms with Crippen molar-refractivity contribution in [3.63, 3.8) is 0 Å². The van der Waals surface area contributed by atoms with Crippen molar-refractivity contribution in [2.24, 2.45) is 0 Å². The van der Waals surface area contributed by atoms with Gasteiger partial charge in [0.05, 0.1) is 30.3 Å². The first kappa shape index (κ1) is 12.0. The van der Waals surface area contributed by atoms with Crippen molar-refractivity contribution in [2.45, 2.75) is 6.92 Å². The Morgan fingerprint density at radius 3 is 2.83 bits per heavy atom. The molecule has 2 aromatic rings. The number of aryl methyl sites for hydroxylation is 1. The van der Waals surface area contributed by atoms with E-state index in [1.165, 1.54) is 7.11 Å². The Kier molecular flexibility index (Phi) is 3.23. The molecule has 92 valence electrons. The zero-order valence-corrected chi connectivity index (χ0v) is 10.2. The number of carbonyl (C=O) groups excluding carboxylic acids is 1. The molecule has 0 bridgehead atoms. The van der Waals surface area contributed by atoms with Crippen LogP contribution in [0.1, 0.15) is 16.1 Å². The van der Waals surface area contributed by atoms with Crippen molar-refractivity contribution >= 4 is 11.8 Å². The summed E-state index contributed by atoms with van der Waals surface area (Å²) in [5.41, 5.74) is 8.23. The van der Waals surface area contributed by atoms with Crippen LogP contribution < -0.4 is 5.73 Å². The van der Waals surface area contributed by atoms with Gasteiger partial charge < -0.3 is 10.5 Å². The summed E-state index contributed by atoms with van der Waals surface area (Å²) < 4.78 is 4.68. The van der Waals surface area contributed by atoms with Gasteiger partial charge in [0.1, 0.15) is 5.82 Å². The first-order valence-corrected chi connectivity index (χ1v) is 5.39. The lowest BCUT2D eigenvalue weighted by Crippen LogP contribution is -2.02. The molecule has 5 nitrogen and oxygen atoms in total. The number of hydrogen-bond acceptors (Lipinski definition) is 5. The van der Waals surface area contributed by atoms with Gasteiger partial charge in [-0.25, -0.2) is 14.8 Å². The van der Waals surface area contributed by atoms with Crippen molar-refractivity contribution in [3.05, 3.63) is 41.7 Å². The number of carbonyl (C=O) groups is 1. The number of ether oxygens (including phenoxy) is 1. The number of benzene rings is 1. The van der Waals surface area contributed by atoms with Gasteiger partial charge in [0.15, 0.2) is 0 Å². The van der Waals surface area contributed by atoms with E-state index in [2.05, 4.69) is 14.7 Å². The number of aromatic nitrogens is 2. The predicted octanol–water partition coefficient (Wildman–Crippen LogP) is 1.82. The van der Waals surface area contributed by atoms with Gasteiger partial charge in [-0.15, -0.1) is 0 Å². The lowest BCUT2D eigenvalue weighted by atomic mass is 10.1. The summed E-state index contributed by atoms with van der Waals surface area (Å²) >= 11 is 0. The van der Waals surface area contributed by atoms with Gasteiger partial charge >= 0.3 is 5.97 Å². The molecule has 1 aromatic carbocycles. The average Bonchev–Trinajstić information content (AvgIpc) is 2.41. The second kappa shape index (κ2) is 4.83. The van der Waals surface area contributed by atoms with Crippen LogP contribution in [0.4, 0.5) is 5.82 Å². The summed E-state index contributed by atoms with van der Waals surface area (Å²) in [7, 11) is 1.35. The lowest BCUT2D eigenvalue weighted by Gasteiger charge is -2.05. The van der Waals surface area contributed by atoms with E-state index in [1.54, 1.807) is 31.3 Å². The summed E-state index contributed by atoms with van der Waals surface area (Å²) in [5.74, 6) is 0.0276. The standard InChI is InChI=1S/C13H13N3O2/c1-8-12(14)15-7-11(16-8)9-4-3-5-10(6-9)13(17)18-2/h3-7H,1-2H3,(H2,14,15). The van der Waals surface area contributed by atoms with Gasteiger partial charge in [0.2, 0.25) is 0 Å². The van der Waals surface area contributed by atoms with Crippen LogP contribution in [0, 0.1) is 6.92 Å². The van der Waals surface area contributed by atoms with E-state index >= 15 is 0 Å². The Hall–Kier alpha value is -2.43. The van der Waals surface area contributed by atoms with E-state index in [0.29, 0.717) is 22.8 Å². The Balaban J connectivity index is 2.44. The minimum absolute atomic E-state index is 0.378. The summed E-state index contributed by atoms with van der Waals surface area (Å²) in [6.07, 6.45) is 1.58. The van der Waals surface area contributed by atoms with Crippen LogP contribution in [-0.2, 0) is 4.74 Å². The maximum atomic E-state index is 11.4. The van der Waals surface area contributed by atoms with Gasteiger partial charge in [-0.2, -0.15) is 0 Å². The zero-order chi connectivity index (χ0) is 13.1. The molecule has 5 heteroatoms. The molecular weight excluding hydrogens is 230 g/mol. The third kappa shape index (κ3) is 2.29. The number of nitrogen functional groups attached to an aromatic ring is 1. The first-order chi connectivity index (χ1) is 8.61. The number of nitrogens with two attached hydrogens (primary N) is 1. The van der Waals surface area contributed by atoms with Crippen LogP contribution >= 0.6 is 0 Å². The van der Waals surface area contributed by atoms with Crippen LogP contribution in [0.3, 0.4) is 0 Å². The molecule has 0 saturated heterocycles. The number of rotatable bonds is 2. The van der Waals surface area contributed by atoms with Gasteiger partial charge in [-0.1, -0.05) is 12.1 Å². The van der Waals surface area contributed by atoms with E-state index in [1.807, 2.05) is 6.07 Å². The second-order valence-electron chi connectivity index (χ2n) is 3.80. The molecule has 0 saturated carbocycles. The highest BCUT2D eigenvalue weighted by molar-refractivity contribution is 5.90. The fraction of sp³-hybridized carbons (Fsp3) is 0.154. The highest BCUT2D eigenvalue weighted by atomic mass is 16.5. The SMILES string of the molecule is COC(=O)c1cccc(-c2cnc(N)c(C)n2)c1. The quantitative estimate of drug-likeness (QED) is 0.814. The third-order valence-corrected chi connectivity index (χ3v) is 2.56. The number of nitrogens with zero attached hydrogens (tertiary/aromatic N) is 2. The normalized spacial score (nSPS) is 10.1. The Morgan fingerprint density at radius 1 is 1.39 bits per heavy atom. The molecular formula is C13H13N3O2. The minimum atomic E-state index is -0.378. The van der Waals surface area contributed by atoms with Crippen molar-refractivity contribution in [2.75, 3.05) is 12.8 Å². The maximum absolute atomic E-state index is 11.4. The lowest BCUT2D eigenvalue weighted by molar-refractivity contribution is 0.0601. The summed E-state index contributed by atoms with van der Waals surface area (Å²) in [6.45, 7) is 1.79. The zero-order valence-electron chi connectivity index (χ0n) is 10.2. The molecule has 0 amide bonds. The molecule has 18 heavy (non-hydrogen) atoms. The summed E-state index contributed by atoms with van der Waals surface area (Å²) in [5, 5.41) is 0. The highest BCUT2D eigenvalue weighted by Crippen LogP contribution is 2.19. The Bertz CT molecular complexity index is 597. The molecule has 0 unspecified atom stereocenters. The van der Waals surface area contributed by atoms with Gasteiger partial charge in [0, 0.05) is 5.56 Å². The van der Waals surface area contributed by atoms with Gasteiger partial charge in [0.25, 0.3) is 0 Å². The van der Waals surface area contributed by atoms with Crippen molar-refractivity contribution < 1.29 is 9.53 Å².